The molecule has 14 heavy (non-hydrogen) atoms. The first kappa shape index (κ1) is 12.0. The third-order valence-corrected chi connectivity index (χ3v) is 3.41. The number of carbonyl (C=O) groups excluding carboxylic acids is 1. The quantitative estimate of drug-likeness (QED) is 0.644. The molecule has 0 saturated heterocycles. The van der Waals surface area contributed by atoms with Gasteiger partial charge in [-0.1, -0.05) is 27.7 Å². The molecular weight excluding hydrogens is 196 g/mol. The van der Waals surface area contributed by atoms with Gasteiger partial charge in [0.1, 0.15) is 0 Å². The highest BCUT2D eigenvalue weighted by Gasteiger charge is 2.40. The van der Waals surface area contributed by atoms with Crippen LogP contribution in [-0.2, 0) is 4.79 Å². The molecular formula is C12H21ClO. The van der Waals surface area contributed by atoms with E-state index in [9.17, 15) is 4.79 Å². The minimum Gasteiger partial charge on any atom is -0.298 e. The third-order valence-electron chi connectivity index (χ3n) is 3.14. The van der Waals surface area contributed by atoms with Crippen LogP contribution >= 0.6 is 11.6 Å². The van der Waals surface area contributed by atoms with Crippen LogP contribution in [0.5, 0.6) is 0 Å². The fourth-order valence-corrected chi connectivity index (χ4v) is 3.40. The van der Waals surface area contributed by atoms with Gasteiger partial charge in [-0.05, 0) is 30.1 Å². The minimum atomic E-state index is 0.177. The first-order chi connectivity index (χ1) is 6.26. The largest absolute Gasteiger partial charge is 0.298 e. The fourth-order valence-electron chi connectivity index (χ4n) is 3.18. The highest BCUT2D eigenvalue weighted by molar-refractivity contribution is 6.27. The summed E-state index contributed by atoms with van der Waals surface area (Å²) in [6.07, 6.45) is 3.20. The monoisotopic (exact) mass is 216 g/mol. The maximum atomic E-state index is 11.6. The predicted molar refractivity (Wildman–Crippen MR) is 60.6 cm³/mol. The zero-order valence-electron chi connectivity index (χ0n) is 9.69. The number of halogens is 1. The Labute approximate surface area is 92.2 Å². The molecule has 2 heteroatoms. The summed E-state index contributed by atoms with van der Waals surface area (Å²) in [4.78, 5) is 11.6. The SMILES string of the molecule is CC1(C)CC(C(=O)CCl)CC(C)(C)C1. The van der Waals surface area contributed by atoms with E-state index in [1.165, 1.54) is 6.42 Å². The van der Waals surface area contributed by atoms with Crippen molar-refractivity contribution in [2.75, 3.05) is 5.88 Å². The van der Waals surface area contributed by atoms with Crippen LogP contribution in [0.1, 0.15) is 47.0 Å². The molecule has 0 aliphatic heterocycles. The highest BCUT2D eigenvalue weighted by atomic mass is 35.5. The summed E-state index contributed by atoms with van der Waals surface area (Å²) < 4.78 is 0. The van der Waals surface area contributed by atoms with Gasteiger partial charge in [-0.15, -0.1) is 11.6 Å². The van der Waals surface area contributed by atoms with E-state index in [0.717, 1.165) is 12.8 Å². The van der Waals surface area contributed by atoms with Crippen molar-refractivity contribution in [3.63, 3.8) is 0 Å². The van der Waals surface area contributed by atoms with Crippen molar-refractivity contribution in [1.29, 1.82) is 0 Å². The summed E-state index contributed by atoms with van der Waals surface area (Å²) in [5, 5.41) is 0. The van der Waals surface area contributed by atoms with Crippen molar-refractivity contribution in [3.05, 3.63) is 0 Å². The normalized spacial score (nSPS) is 26.1. The van der Waals surface area contributed by atoms with Crippen molar-refractivity contribution in [2.45, 2.75) is 47.0 Å². The lowest BCUT2D eigenvalue weighted by molar-refractivity contribution is -0.124. The number of carbonyl (C=O) groups is 1. The first-order valence-corrected chi connectivity index (χ1v) is 5.88. The summed E-state index contributed by atoms with van der Waals surface area (Å²) in [5.74, 6) is 0.593. The Kier molecular flexibility index (Phi) is 3.30. The molecule has 0 aromatic rings. The Morgan fingerprint density at radius 2 is 1.64 bits per heavy atom. The van der Waals surface area contributed by atoms with Crippen LogP contribution < -0.4 is 0 Å². The van der Waals surface area contributed by atoms with Crippen molar-refractivity contribution >= 4 is 17.4 Å². The standard InChI is InChI=1S/C12H21ClO/c1-11(2)5-9(10(14)7-13)6-12(3,4)8-11/h9H,5-8H2,1-4H3. The molecule has 1 fully saturated rings. The lowest BCUT2D eigenvalue weighted by atomic mass is 9.61. The van der Waals surface area contributed by atoms with Gasteiger partial charge in [0.15, 0.2) is 5.78 Å². The number of hydrogen-bond acceptors (Lipinski definition) is 1. The molecule has 1 aliphatic carbocycles. The zero-order valence-corrected chi connectivity index (χ0v) is 10.4. The molecule has 0 aromatic heterocycles. The van der Waals surface area contributed by atoms with Gasteiger partial charge in [0.05, 0.1) is 5.88 Å². The smallest absolute Gasteiger partial charge is 0.150 e. The van der Waals surface area contributed by atoms with Crippen LogP contribution in [0.4, 0.5) is 0 Å². The molecule has 0 unspecified atom stereocenters. The summed E-state index contributed by atoms with van der Waals surface area (Å²) in [6.45, 7) is 9.01. The summed E-state index contributed by atoms with van der Waals surface area (Å²) in [6, 6.07) is 0. The Morgan fingerprint density at radius 3 is 2.00 bits per heavy atom. The molecule has 0 atom stereocenters. The summed E-state index contributed by atoms with van der Waals surface area (Å²) >= 11 is 5.62. The van der Waals surface area contributed by atoms with Crippen LogP contribution in [0.25, 0.3) is 0 Å². The highest BCUT2D eigenvalue weighted by Crippen LogP contribution is 2.48. The third kappa shape index (κ3) is 2.98. The van der Waals surface area contributed by atoms with Crippen molar-refractivity contribution in [3.8, 4) is 0 Å². The average Bonchev–Trinajstić information content (AvgIpc) is 1.97. The van der Waals surface area contributed by atoms with Gasteiger partial charge in [0.2, 0.25) is 0 Å². The van der Waals surface area contributed by atoms with Crippen LogP contribution in [0.15, 0.2) is 0 Å². The van der Waals surface area contributed by atoms with Crippen molar-refractivity contribution < 1.29 is 4.79 Å². The van der Waals surface area contributed by atoms with Crippen LogP contribution in [0, 0.1) is 16.7 Å². The Hall–Kier alpha value is -0.0400. The number of ketones is 1. The number of Topliss-reactive ketones (excluding diaryl/α,β-unsaturated/α-hetero) is 1. The van der Waals surface area contributed by atoms with Crippen LogP contribution in [-0.4, -0.2) is 11.7 Å². The van der Waals surface area contributed by atoms with Gasteiger partial charge in [0, 0.05) is 5.92 Å². The van der Waals surface area contributed by atoms with Crippen molar-refractivity contribution in [2.24, 2.45) is 16.7 Å². The zero-order chi connectivity index (χ0) is 11.0. The molecule has 0 heterocycles. The topological polar surface area (TPSA) is 17.1 Å². The molecule has 0 spiro atoms. The van der Waals surface area contributed by atoms with Gasteiger partial charge >= 0.3 is 0 Å². The van der Waals surface area contributed by atoms with E-state index in [1.807, 2.05) is 0 Å². The second-order valence-electron chi connectivity index (χ2n) is 6.21. The lowest BCUT2D eigenvalue weighted by Gasteiger charge is -2.44. The molecule has 0 aromatic carbocycles. The molecule has 0 amide bonds. The maximum Gasteiger partial charge on any atom is 0.150 e. The second kappa shape index (κ2) is 3.84. The first-order valence-electron chi connectivity index (χ1n) is 5.34. The molecule has 82 valence electrons. The molecule has 0 radical (unpaired) electrons. The molecule has 1 rings (SSSR count). The maximum absolute atomic E-state index is 11.6. The van der Waals surface area contributed by atoms with E-state index in [0.29, 0.717) is 0 Å². The summed E-state index contributed by atoms with van der Waals surface area (Å²) in [7, 11) is 0. The van der Waals surface area contributed by atoms with Gasteiger partial charge in [-0.3, -0.25) is 4.79 Å². The Bertz CT molecular complexity index is 214. The fraction of sp³-hybridized carbons (Fsp3) is 0.917. The van der Waals surface area contributed by atoms with Gasteiger partial charge in [-0.25, -0.2) is 0 Å². The van der Waals surface area contributed by atoms with E-state index < -0.39 is 0 Å². The number of alkyl halides is 1. The van der Waals surface area contributed by atoms with E-state index in [4.69, 9.17) is 11.6 Å². The van der Waals surface area contributed by atoms with E-state index in [1.54, 1.807) is 0 Å². The van der Waals surface area contributed by atoms with E-state index >= 15 is 0 Å². The molecule has 0 N–H and O–H groups in total. The number of hydrogen-bond donors (Lipinski definition) is 0. The molecule has 1 saturated carbocycles. The molecule has 0 bridgehead atoms. The predicted octanol–water partition coefficient (Wildman–Crippen LogP) is 3.65. The number of rotatable bonds is 2. The molecule has 1 aliphatic rings. The van der Waals surface area contributed by atoms with Gasteiger partial charge in [-0.2, -0.15) is 0 Å². The minimum absolute atomic E-state index is 0.177. The second-order valence-corrected chi connectivity index (χ2v) is 6.48. The van der Waals surface area contributed by atoms with Gasteiger partial charge in [0.25, 0.3) is 0 Å². The van der Waals surface area contributed by atoms with Crippen molar-refractivity contribution in [1.82, 2.24) is 0 Å². The Morgan fingerprint density at radius 1 is 1.21 bits per heavy atom. The summed E-state index contributed by atoms with van der Waals surface area (Å²) in [5.41, 5.74) is 0.572. The van der Waals surface area contributed by atoms with E-state index in [-0.39, 0.29) is 28.4 Å². The average molecular weight is 217 g/mol. The van der Waals surface area contributed by atoms with E-state index in [2.05, 4.69) is 27.7 Å². The van der Waals surface area contributed by atoms with Gasteiger partial charge < -0.3 is 0 Å². The molecule has 1 nitrogen and oxygen atoms in total. The van der Waals surface area contributed by atoms with Crippen LogP contribution in [0.3, 0.4) is 0 Å². The lowest BCUT2D eigenvalue weighted by Crippen LogP contribution is -2.37. The Balaban J connectivity index is 2.76. The van der Waals surface area contributed by atoms with Crippen LogP contribution in [0.2, 0.25) is 0 Å².